The van der Waals surface area contributed by atoms with E-state index in [1.807, 2.05) is 54.6 Å². The molecule has 0 bridgehead atoms. The minimum absolute atomic E-state index is 0. The summed E-state index contributed by atoms with van der Waals surface area (Å²) in [4.78, 5) is 28.4. The Bertz CT molecular complexity index is 6140. The molecule has 490 valence electrons. The molecule has 1 N–H and O–H groups in total. The second-order valence-electron chi connectivity index (χ2n) is 25.5. The molecule has 11 heteroatoms. The van der Waals surface area contributed by atoms with E-state index < -0.39 is 0 Å². The fraction of sp³-hybridized carbons (Fsp3) is 0. The second kappa shape index (κ2) is 28.7. The number of nitrogens with one attached hydrogen (secondary N) is 1. The van der Waals surface area contributed by atoms with Crippen LogP contribution in [0.2, 0.25) is 0 Å². The summed E-state index contributed by atoms with van der Waals surface area (Å²) in [5.41, 5.74) is 19.9. The average molecular weight is 1360 g/mol. The van der Waals surface area contributed by atoms with Crippen molar-refractivity contribution in [3.05, 3.63) is 370 Å². The first-order valence-electron chi connectivity index (χ1n) is 34.7. The molecule has 20 aromatic rings. The number of thiophene rings is 1. The van der Waals surface area contributed by atoms with Gasteiger partial charge in [0.15, 0.2) is 29.5 Å². The number of fused-ring (bicyclic) bond motifs is 10. The minimum Gasteiger partial charge on any atom is -0.868 e. The van der Waals surface area contributed by atoms with Crippen LogP contribution in [0.25, 0.3) is 176 Å². The minimum atomic E-state index is 0. The van der Waals surface area contributed by atoms with Crippen LogP contribution in [0.15, 0.2) is 370 Å². The molecule has 0 saturated heterocycles. The van der Waals surface area contributed by atoms with Gasteiger partial charge in [0.25, 0.3) is 0 Å². The largest absolute Gasteiger partial charge is 1.00 e. The molecule has 6 aromatic heterocycles. The van der Waals surface area contributed by atoms with Gasteiger partial charge in [-0.05, 0) is 101 Å². The molecule has 0 amide bonds. The van der Waals surface area contributed by atoms with Crippen molar-refractivity contribution in [2.75, 3.05) is 0 Å². The summed E-state index contributed by atoms with van der Waals surface area (Å²) in [7, 11) is 0. The molecule has 0 fully saturated rings. The number of H-pyrrole nitrogens is 1. The number of rotatable bonds is 10. The first-order valence-corrected chi connectivity index (χ1v) is 35.5. The van der Waals surface area contributed by atoms with Crippen molar-refractivity contribution < 1.29 is 29.0 Å². The molecular formula is C94H62LiN8OS+. The maximum atomic E-state index is 11.1. The summed E-state index contributed by atoms with van der Waals surface area (Å²) < 4.78 is 7.23. The molecule has 105 heavy (non-hydrogen) atoms. The Morgan fingerprint density at radius 1 is 0.276 bits per heavy atom. The predicted octanol–water partition coefficient (Wildman–Crippen LogP) is 20.0. The molecule has 0 saturated carbocycles. The van der Waals surface area contributed by atoms with Crippen molar-refractivity contribution >= 4 is 86.0 Å². The van der Waals surface area contributed by atoms with Crippen LogP contribution in [0.4, 0.5) is 0 Å². The summed E-state index contributed by atoms with van der Waals surface area (Å²) in [6, 6.07) is 126. The van der Waals surface area contributed by atoms with Crippen molar-refractivity contribution in [1.82, 2.24) is 34.1 Å². The number of hydrogen-bond acceptors (Lipinski definition) is 7. The van der Waals surface area contributed by atoms with Gasteiger partial charge in [0.05, 0.1) is 33.5 Å². The third-order valence-corrected chi connectivity index (χ3v) is 20.4. The van der Waals surface area contributed by atoms with E-state index >= 15 is 0 Å². The zero-order valence-electron chi connectivity index (χ0n) is 57.2. The molecule has 0 atom stereocenters. The molecule has 0 spiro atoms. The molecule has 9 nitrogen and oxygen atoms in total. The number of hydrogen-bond donors (Lipinski definition) is 0. The van der Waals surface area contributed by atoms with Crippen molar-refractivity contribution in [1.29, 1.82) is 0 Å². The fourth-order valence-corrected chi connectivity index (χ4v) is 15.4. The van der Waals surface area contributed by atoms with Crippen LogP contribution in [0.1, 0.15) is 0 Å². The third-order valence-electron chi connectivity index (χ3n) is 19.1. The number of benzene rings is 14. The predicted molar refractivity (Wildman–Crippen MR) is 427 cm³/mol. The monoisotopic (exact) mass is 1360 g/mol. The topological polar surface area (TPSA) is 112 Å². The van der Waals surface area contributed by atoms with E-state index in [1.165, 1.54) is 52.8 Å². The van der Waals surface area contributed by atoms with E-state index in [1.54, 1.807) is 29.7 Å². The molecule has 0 aliphatic heterocycles. The Hall–Kier alpha value is -13.2. The molecule has 20 rings (SSSR count). The summed E-state index contributed by atoms with van der Waals surface area (Å²) in [6.07, 6.45) is 1.75. The third kappa shape index (κ3) is 12.8. The summed E-state index contributed by atoms with van der Waals surface area (Å²) in [6.45, 7) is 0. The standard InChI is InChI=1S/C46H30N4.C39H25N3S.C9H7NO.Li/c1-3-15-31(16-4-1)40-30-41(48-46(47-40)32-17-5-2-6-18-32)33-27-34(49-42-23-11-7-19-36(42)37-20-8-12-24-43(37)49)29-35(28-33)50-44-25-13-9-21-38(44)39-22-10-14-26-45(39)50;1-3-10-26(11-4-1)28-18-22-30(23-19-28)37-40-38(31-24-20-29(21-25-31)27-12-5-2-6-13-27)42-39(41-37)34-16-9-15-33-32-14-7-8-17-35(32)43-36(33)34;11-8-5-1-3-7-4-2-6-10-9(7)8;/h1-30H;1-25H;1-6,11H;/q;;;+1. The van der Waals surface area contributed by atoms with Gasteiger partial charge in [-0.1, -0.05) is 285 Å². The Morgan fingerprint density at radius 3 is 1.15 bits per heavy atom. The van der Waals surface area contributed by atoms with E-state index in [9.17, 15) is 5.11 Å². The van der Waals surface area contributed by atoms with Crippen LogP contribution in [0, 0.1) is 0 Å². The van der Waals surface area contributed by atoms with Gasteiger partial charge in [-0.3, -0.25) is 0 Å². The van der Waals surface area contributed by atoms with E-state index in [0.29, 0.717) is 28.8 Å². The van der Waals surface area contributed by atoms with Crippen LogP contribution in [-0.2, 0) is 0 Å². The van der Waals surface area contributed by atoms with Crippen LogP contribution in [-0.4, -0.2) is 34.1 Å². The second-order valence-corrected chi connectivity index (χ2v) is 26.6. The number of nitrogens with zero attached hydrogens (tertiary/aromatic N) is 7. The number of pyridine rings is 1. The normalized spacial score (nSPS) is 11.2. The van der Waals surface area contributed by atoms with Crippen molar-refractivity contribution in [2.24, 2.45) is 0 Å². The van der Waals surface area contributed by atoms with Gasteiger partial charge < -0.3 is 14.2 Å². The zero-order valence-corrected chi connectivity index (χ0v) is 58.0. The maximum Gasteiger partial charge on any atom is 1.00 e. The van der Waals surface area contributed by atoms with Gasteiger partial charge in [0.2, 0.25) is 5.52 Å². The van der Waals surface area contributed by atoms with Gasteiger partial charge in [0, 0.05) is 97.9 Å². The van der Waals surface area contributed by atoms with Gasteiger partial charge in [-0.15, -0.1) is 11.3 Å². The smallest absolute Gasteiger partial charge is 0.868 e. The first kappa shape index (κ1) is 65.1. The molecule has 6 heterocycles. The van der Waals surface area contributed by atoms with Crippen molar-refractivity contribution in [3.8, 4) is 107 Å². The molecular weight excluding hydrogens is 1300 g/mol. The van der Waals surface area contributed by atoms with Crippen LogP contribution < -0.4 is 29.0 Å². The quantitative estimate of drug-likeness (QED) is 0.126. The Morgan fingerprint density at radius 2 is 0.648 bits per heavy atom. The fourth-order valence-electron chi connectivity index (χ4n) is 14.2. The SMILES string of the molecule is [Li+].[O-]c1cccc2ccc[nH+]c12.c1ccc(-c2cc(-c3cc(-n4c5ccccc5c5ccccc54)cc(-n4c5ccccc5c5ccccc54)c3)nc(-c3ccccc3)n2)cc1.c1ccc(-c2ccc(-c3nc(-c4ccc(-c5ccccc5)cc4)nc(-c4cccc5c4sc4ccccc45)n3)cc2)cc1. The summed E-state index contributed by atoms with van der Waals surface area (Å²) in [5.74, 6) is 2.73. The Labute approximate surface area is 622 Å². The van der Waals surface area contributed by atoms with E-state index in [-0.39, 0.29) is 24.6 Å². The van der Waals surface area contributed by atoms with E-state index in [0.717, 1.165) is 94.7 Å². The van der Waals surface area contributed by atoms with Gasteiger partial charge in [0.1, 0.15) is 0 Å². The molecule has 0 aliphatic carbocycles. The van der Waals surface area contributed by atoms with E-state index in [4.69, 9.17) is 24.9 Å². The van der Waals surface area contributed by atoms with Crippen LogP contribution in [0.5, 0.6) is 5.75 Å². The van der Waals surface area contributed by atoms with Crippen molar-refractivity contribution in [3.63, 3.8) is 0 Å². The van der Waals surface area contributed by atoms with E-state index in [2.05, 4.69) is 311 Å². The molecule has 0 radical (unpaired) electrons. The van der Waals surface area contributed by atoms with Crippen LogP contribution >= 0.6 is 11.3 Å². The molecule has 14 aromatic carbocycles. The van der Waals surface area contributed by atoms with Gasteiger partial charge >= 0.3 is 18.9 Å². The van der Waals surface area contributed by atoms with Gasteiger partial charge in [-0.2, -0.15) is 0 Å². The summed E-state index contributed by atoms with van der Waals surface area (Å²) >= 11 is 1.79. The zero-order chi connectivity index (χ0) is 69.3. The molecule has 0 unspecified atom stereocenters. The average Bonchev–Trinajstić information content (AvgIpc) is 1.57. The Kier molecular flexibility index (Phi) is 17.8. The van der Waals surface area contributed by atoms with Crippen molar-refractivity contribution in [2.45, 2.75) is 0 Å². The van der Waals surface area contributed by atoms with Gasteiger partial charge in [-0.25, -0.2) is 29.9 Å². The number of aromatic nitrogens is 8. The number of para-hydroxylation sites is 5. The maximum absolute atomic E-state index is 11.1. The first-order chi connectivity index (χ1) is 51.5. The molecule has 0 aliphatic rings. The van der Waals surface area contributed by atoms with Crippen LogP contribution in [0.3, 0.4) is 0 Å². The number of aromatic amines is 1. The Balaban J connectivity index is 0.000000135. The summed E-state index contributed by atoms with van der Waals surface area (Å²) in [5, 5.41) is 19.5.